The van der Waals surface area contributed by atoms with Crippen LogP contribution in [0, 0.1) is 6.92 Å². The van der Waals surface area contributed by atoms with E-state index in [1.54, 1.807) is 0 Å². The second-order valence-corrected chi connectivity index (χ2v) is 4.62. The summed E-state index contributed by atoms with van der Waals surface area (Å²) < 4.78 is 0. The van der Waals surface area contributed by atoms with Gasteiger partial charge in [-0.25, -0.2) is 0 Å². The number of hydrogen-bond donors (Lipinski definition) is 2. The van der Waals surface area contributed by atoms with Gasteiger partial charge in [0.05, 0.1) is 11.2 Å². The molecule has 0 unspecified atom stereocenters. The summed E-state index contributed by atoms with van der Waals surface area (Å²) in [5.41, 5.74) is 2.91. The zero-order valence-corrected chi connectivity index (χ0v) is 11.5. The molecule has 0 aliphatic carbocycles. The average molecular weight is 259 g/mol. The largest absolute Gasteiger partial charge is 0.362 e. The van der Waals surface area contributed by atoms with Gasteiger partial charge >= 0.3 is 0 Å². The van der Waals surface area contributed by atoms with Crippen molar-refractivity contribution in [2.24, 2.45) is 0 Å². The first kappa shape index (κ1) is 12.8. The molecule has 2 N–H and O–H groups in total. The Bertz CT molecular complexity index is 566. The third kappa shape index (κ3) is 2.96. The van der Waals surface area contributed by atoms with Gasteiger partial charge in [-0.2, -0.15) is 0 Å². The second-order valence-electron chi connectivity index (χ2n) is 4.21. The standard InChI is InChI=1S/C14H17N3S/c1-3-9-15-14(18)17-12-6-4-5-11-8-7-10(2)16-13(11)12/h4-8H,3,9H2,1-2H3,(H2,15,17,18). The van der Waals surface area contributed by atoms with Crippen LogP contribution >= 0.6 is 12.2 Å². The molecule has 0 saturated carbocycles. The summed E-state index contributed by atoms with van der Waals surface area (Å²) in [6.45, 7) is 4.98. The highest BCUT2D eigenvalue weighted by molar-refractivity contribution is 7.80. The molecule has 0 spiro atoms. The summed E-state index contributed by atoms with van der Waals surface area (Å²) in [6.07, 6.45) is 1.05. The molecule has 94 valence electrons. The van der Waals surface area contributed by atoms with E-state index in [0.29, 0.717) is 5.11 Å². The summed E-state index contributed by atoms with van der Waals surface area (Å²) in [5, 5.41) is 8.12. The second kappa shape index (κ2) is 5.78. The van der Waals surface area contributed by atoms with Crippen molar-refractivity contribution >= 4 is 33.9 Å². The normalized spacial score (nSPS) is 10.3. The number of pyridine rings is 1. The molecule has 4 heteroatoms. The van der Waals surface area contributed by atoms with Crippen LogP contribution in [0.2, 0.25) is 0 Å². The van der Waals surface area contributed by atoms with E-state index in [9.17, 15) is 0 Å². The lowest BCUT2D eigenvalue weighted by molar-refractivity contribution is 0.846. The number of hydrogen-bond acceptors (Lipinski definition) is 2. The van der Waals surface area contributed by atoms with E-state index < -0.39 is 0 Å². The minimum absolute atomic E-state index is 0.646. The molecule has 2 aromatic rings. The van der Waals surface area contributed by atoms with Crippen molar-refractivity contribution in [3.63, 3.8) is 0 Å². The van der Waals surface area contributed by atoms with Crippen LogP contribution in [-0.2, 0) is 0 Å². The fourth-order valence-electron chi connectivity index (χ4n) is 1.75. The molecule has 0 saturated heterocycles. The van der Waals surface area contributed by atoms with E-state index in [2.05, 4.69) is 34.7 Å². The summed E-state index contributed by atoms with van der Waals surface area (Å²) in [5.74, 6) is 0. The quantitative estimate of drug-likeness (QED) is 0.830. The Labute approximate surface area is 113 Å². The van der Waals surface area contributed by atoms with E-state index >= 15 is 0 Å². The lowest BCUT2D eigenvalue weighted by Gasteiger charge is -2.11. The number of aryl methyl sites for hydroxylation is 1. The molecule has 0 atom stereocenters. The van der Waals surface area contributed by atoms with Crippen LogP contribution in [0.3, 0.4) is 0 Å². The Kier molecular flexibility index (Phi) is 4.10. The molecule has 1 aromatic heterocycles. The monoisotopic (exact) mass is 259 g/mol. The van der Waals surface area contributed by atoms with Gasteiger partial charge in [0, 0.05) is 17.6 Å². The molecule has 0 aliphatic heterocycles. The molecule has 18 heavy (non-hydrogen) atoms. The van der Waals surface area contributed by atoms with Gasteiger partial charge in [-0.3, -0.25) is 4.98 Å². The number of rotatable bonds is 3. The first-order valence-electron chi connectivity index (χ1n) is 6.12. The van der Waals surface area contributed by atoms with Crippen LogP contribution in [0.15, 0.2) is 30.3 Å². The van der Waals surface area contributed by atoms with Crippen LogP contribution in [0.1, 0.15) is 19.0 Å². The molecule has 1 heterocycles. The minimum Gasteiger partial charge on any atom is -0.362 e. The molecule has 0 radical (unpaired) electrons. The molecule has 1 aromatic carbocycles. The number of thiocarbonyl (C=S) groups is 1. The topological polar surface area (TPSA) is 37.0 Å². The minimum atomic E-state index is 0.646. The maximum absolute atomic E-state index is 5.25. The van der Waals surface area contributed by atoms with Crippen molar-refractivity contribution in [2.45, 2.75) is 20.3 Å². The van der Waals surface area contributed by atoms with Gasteiger partial charge < -0.3 is 10.6 Å². The summed E-state index contributed by atoms with van der Waals surface area (Å²) in [4.78, 5) is 4.56. The van der Waals surface area contributed by atoms with E-state index in [4.69, 9.17) is 12.2 Å². The van der Waals surface area contributed by atoms with E-state index in [1.807, 2.05) is 25.1 Å². The molecule has 2 rings (SSSR count). The highest BCUT2D eigenvalue weighted by Gasteiger charge is 2.04. The van der Waals surface area contributed by atoms with Crippen LogP contribution in [0.4, 0.5) is 5.69 Å². The number of anilines is 1. The number of nitrogens with one attached hydrogen (secondary N) is 2. The third-order valence-corrected chi connectivity index (χ3v) is 2.89. The molecule has 0 aliphatic rings. The molecule has 3 nitrogen and oxygen atoms in total. The van der Waals surface area contributed by atoms with Crippen LogP contribution < -0.4 is 10.6 Å². The first-order chi connectivity index (χ1) is 8.70. The average Bonchev–Trinajstić information content (AvgIpc) is 2.37. The Morgan fingerprint density at radius 2 is 2.11 bits per heavy atom. The zero-order chi connectivity index (χ0) is 13.0. The Balaban J connectivity index is 2.27. The van der Waals surface area contributed by atoms with Gasteiger partial charge in [0.2, 0.25) is 0 Å². The number of para-hydroxylation sites is 1. The van der Waals surface area contributed by atoms with Crippen molar-refractivity contribution in [3.8, 4) is 0 Å². The van der Waals surface area contributed by atoms with Crippen molar-refractivity contribution < 1.29 is 0 Å². The van der Waals surface area contributed by atoms with Crippen LogP contribution in [0.5, 0.6) is 0 Å². The Morgan fingerprint density at radius 3 is 2.89 bits per heavy atom. The molecule has 0 amide bonds. The summed E-state index contributed by atoms with van der Waals surface area (Å²) >= 11 is 5.25. The van der Waals surface area contributed by atoms with Gasteiger partial charge in [-0.1, -0.05) is 25.1 Å². The van der Waals surface area contributed by atoms with Crippen molar-refractivity contribution in [3.05, 3.63) is 36.0 Å². The number of aromatic nitrogens is 1. The van der Waals surface area contributed by atoms with Crippen LogP contribution in [0.25, 0.3) is 10.9 Å². The molecule has 0 fully saturated rings. The van der Waals surface area contributed by atoms with Gasteiger partial charge in [-0.05, 0) is 37.7 Å². The van der Waals surface area contributed by atoms with Crippen molar-refractivity contribution in [1.82, 2.24) is 10.3 Å². The fourth-order valence-corrected chi connectivity index (χ4v) is 1.96. The van der Waals surface area contributed by atoms with Gasteiger partial charge in [0.15, 0.2) is 5.11 Å². The predicted molar refractivity (Wildman–Crippen MR) is 81.0 cm³/mol. The maximum atomic E-state index is 5.25. The van der Waals surface area contributed by atoms with Gasteiger partial charge in [0.1, 0.15) is 0 Å². The van der Waals surface area contributed by atoms with Gasteiger partial charge in [0.25, 0.3) is 0 Å². The lowest BCUT2D eigenvalue weighted by atomic mass is 10.2. The summed E-state index contributed by atoms with van der Waals surface area (Å²) in [7, 11) is 0. The van der Waals surface area contributed by atoms with Crippen molar-refractivity contribution in [1.29, 1.82) is 0 Å². The maximum Gasteiger partial charge on any atom is 0.170 e. The molecular weight excluding hydrogens is 242 g/mol. The number of nitrogens with zero attached hydrogens (tertiary/aromatic N) is 1. The van der Waals surface area contributed by atoms with Gasteiger partial charge in [-0.15, -0.1) is 0 Å². The molecule has 0 bridgehead atoms. The Hall–Kier alpha value is -1.68. The van der Waals surface area contributed by atoms with E-state index in [-0.39, 0.29) is 0 Å². The highest BCUT2D eigenvalue weighted by atomic mass is 32.1. The summed E-state index contributed by atoms with van der Waals surface area (Å²) in [6, 6.07) is 10.1. The number of fused-ring (bicyclic) bond motifs is 1. The van der Waals surface area contributed by atoms with Crippen LogP contribution in [-0.4, -0.2) is 16.6 Å². The molecular formula is C14H17N3S. The smallest absolute Gasteiger partial charge is 0.170 e. The highest BCUT2D eigenvalue weighted by Crippen LogP contribution is 2.21. The Morgan fingerprint density at radius 1 is 1.28 bits per heavy atom. The van der Waals surface area contributed by atoms with Crippen molar-refractivity contribution in [2.75, 3.05) is 11.9 Å². The lowest BCUT2D eigenvalue weighted by Crippen LogP contribution is -2.29. The zero-order valence-electron chi connectivity index (χ0n) is 10.7. The third-order valence-electron chi connectivity index (χ3n) is 2.64. The van der Waals surface area contributed by atoms with E-state index in [1.165, 1.54) is 0 Å². The predicted octanol–water partition coefficient (Wildman–Crippen LogP) is 3.24. The first-order valence-corrected chi connectivity index (χ1v) is 6.52. The fraction of sp³-hybridized carbons (Fsp3) is 0.286. The SMILES string of the molecule is CCCNC(=S)Nc1cccc2ccc(C)nc12. The number of benzene rings is 1. The van der Waals surface area contributed by atoms with E-state index in [0.717, 1.165) is 35.2 Å².